The molecule has 6 heteroatoms. The second-order valence-corrected chi connectivity index (χ2v) is 9.30. The molecule has 1 atom stereocenters. The summed E-state index contributed by atoms with van der Waals surface area (Å²) in [7, 11) is 3.94. The van der Waals surface area contributed by atoms with E-state index in [1.165, 1.54) is 0 Å². The van der Waals surface area contributed by atoms with E-state index in [0.29, 0.717) is 24.5 Å². The zero-order valence-corrected chi connectivity index (χ0v) is 21.0. The number of aliphatic hydroxyl groups is 1. The molecule has 0 radical (unpaired) electrons. The fourth-order valence-corrected chi connectivity index (χ4v) is 4.45. The molecule has 1 heterocycles. The number of hydrogen-bond acceptors (Lipinski definition) is 5. The van der Waals surface area contributed by atoms with E-state index < -0.39 is 17.7 Å². The summed E-state index contributed by atoms with van der Waals surface area (Å²) >= 11 is 0. The van der Waals surface area contributed by atoms with Gasteiger partial charge in [0.05, 0.1) is 11.6 Å². The molecule has 1 aliphatic rings. The van der Waals surface area contributed by atoms with Crippen molar-refractivity contribution in [2.75, 3.05) is 27.2 Å². The van der Waals surface area contributed by atoms with Crippen molar-refractivity contribution < 1.29 is 19.4 Å². The molecule has 1 unspecified atom stereocenters. The Morgan fingerprint density at radius 3 is 2.28 bits per heavy atom. The SMILES string of the molecule is Cc1ccccc1COc1ccc(C(O)=C2C(=O)C(=O)N(CCCN(C)C)C2c2ccccc2)cc1. The minimum atomic E-state index is -0.661. The predicted octanol–water partition coefficient (Wildman–Crippen LogP) is 4.95. The molecule has 36 heavy (non-hydrogen) atoms. The molecule has 0 aromatic heterocycles. The molecule has 1 amide bonds. The van der Waals surface area contributed by atoms with Crippen LogP contribution in [0.3, 0.4) is 0 Å². The van der Waals surface area contributed by atoms with Crippen LogP contribution in [0.1, 0.15) is 34.7 Å². The van der Waals surface area contributed by atoms with Gasteiger partial charge in [0.2, 0.25) is 0 Å². The van der Waals surface area contributed by atoms with Crippen LogP contribution in [0, 0.1) is 6.92 Å². The van der Waals surface area contributed by atoms with Crippen LogP contribution in [0.5, 0.6) is 5.75 Å². The number of nitrogens with zero attached hydrogens (tertiary/aromatic N) is 2. The molecule has 1 saturated heterocycles. The number of Topliss-reactive ketones (excluding diaryl/α,β-unsaturated/α-hetero) is 1. The van der Waals surface area contributed by atoms with E-state index in [4.69, 9.17) is 4.74 Å². The molecule has 0 aliphatic carbocycles. The first-order valence-electron chi connectivity index (χ1n) is 12.1. The third-order valence-corrected chi connectivity index (χ3v) is 6.44. The first kappa shape index (κ1) is 25.2. The number of aryl methyl sites for hydroxylation is 1. The first-order chi connectivity index (χ1) is 17.4. The predicted molar refractivity (Wildman–Crippen MR) is 141 cm³/mol. The Bertz CT molecular complexity index is 1250. The Hall–Kier alpha value is -3.90. The second-order valence-electron chi connectivity index (χ2n) is 9.30. The molecule has 1 N–H and O–H groups in total. The Labute approximate surface area is 212 Å². The van der Waals surface area contributed by atoms with Crippen LogP contribution in [0.2, 0.25) is 0 Å². The maximum Gasteiger partial charge on any atom is 0.295 e. The van der Waals surface area contributed by atoms with E-state index in [2.05, 4.69) is 0 Å². The van der Waals surface area contributed by atoms with Crippen LogP contribution in [0.15, 0.2) is 84.4 Å². The number of amides is 1. The van der Waals surface area contributed by atoms with Crippen LogP contribution < -0.4 is 4.74 Å². The lowest BCUT2D eigenvalue weighted by Gasteiger charge is -2.26. The molecule has 1 fully saturated rings. The van der Waals surface area contributed by atoms with E-state index >= 15 is 0 Å². The summed E-state index contributed by atoms with van der Waals surface area (Å²) in [5.41, 5.74) is 3.63. The lowest BCUT2D eigenvalue weighted by molar-refractivity contribution is -0.139. The number of likely N-dealkylation sites (tertiary alicyclic amines) is 1. The van der Waals surface area contributed by atoms with E-state index in [9.17, 15) is 14.7 Å². The number of rotatable bonds is 9. The molecular weight excluding hydrogens is 452 g/mol. The standard InChI is InChI=1S/C30H32N2O4/c1-21-10-7-8-13-24(21)20-36-25-16-14-23(15-17-25)28(33)26-27(22-11-5-4-6-12-22)32(30(35)29(26)34)19-9-18-31(2)3/h4-8,10-17,27,33H,9,18-20H2,1-3H3. The lowest BCUT2D eigenvalue weighted by Crippen LogP contribution is -2.32. The van der Waals surface area contributed by atoms with Crippen molar-refractivity contribution in [3.8, 4) is 5.75 Å². The third kappa shape index (κ3) is 5.50. The topological polar surface area (TPSA) is 70.1 Å². The number of carbonyl (C=O) groups excluding carboxylic acids is 2. The summed E-state index contributed by atoms with van der Waals surface area (Å²) in [5, 5.41) is 11.2. The van der Waals surface area contributed by atoms with Crippen molar-refractivity contribution in [3.05, 3.63) is 107 Å². The molecule has 4 rings (SSSR count). The van der Waals surface area contributed by atoms with Gasteiger partial charge in [0.1, 0.15) is 18.1 Å². The molecule has 0 saturated carbocycles. The monoisotopic (exact) mass is 484 g/mol. The van der Waals surface area contributed by atoms with Crippen molar-refractivity contribution in [1.82, 2.24) is 9.80 Å². The summed E-state index contributed by atoms with van der Waals surface area (Å²) in [6, 6.07) is 23.7. The van der Waals surface area contributed by atoms with Gasteiger partial charge in [-0.15, -0.1) is 0 Å². The number of carbonyl (C=O) groups is 2. The van der Waals surface area contributed by atoms with Gasteiger partial charge in [0.25, 0.3) is 11.7 Å². The minimum Gasteiger partial charge on any atom is -0.507 e. The summed E-state index contributed by atoms with van der Waals surface area (Å²) < 4.78 is 5.91. The maximum absolute atomic E-state index is 13.1. The third-order valence-electron chi connectivity index (χ3n) is 6.44. The van der Waals surface area contributed by atoms with Gasteiger partial charge in [-0.1, -0.05) is 54.6 Å². The van der Waals surface area contributed by atoms with Gasteiger partial charge in [-0.2, -0.15) is 0 Å². The normalized spacial score (nSPS) is 17.1. The highest BCUT2D eigenvalue weighted by atomic mass is 16.5. The van der Waals surface area contributed by atoms with Crippen molar-refractivity contribution in [2.24, 2.45) is 0 Å². The Balaban J connectivity index is 1.61. The largest absolute Gasteiger partial charge is 0.507 e. The van der Waals surface area contributed by atoms with Crippen LogP contribution in [0.4, 0.5) is 0 Å². The van der Waals surface area contributed by atoms with E-state index in [1.54, 1.807) is 29.2 Å². The van der Waals surface area contributed by atoms with Gasteiger partial charge in [0.15, 0.2) is 0 Å². The summed E-state index contributed by atoms with van der Waals surface area (Å²) in [4.78, 5) is 29.7. The van der Waals surface area contributed by atoms with Gasteiger partial charge in [-0.3, -0.25) is 9.59 Å². The molecule has 3 aromatic rings. The average molecular weight is 485 g/mol. The van der Waals surface area contributed by atoms with Crippen LogP contribution in [0.25, 0.3) is 5.76 Å². The summed E-state index contributed by atoms with van der Waals surface area (Å²) in [5.74, 6) is -0.769. The van der Waals surface area contributed by atoms with Gasteiger partial charge < -0.3 is 19.6 Å². The summed E-state index contributed by atoms with van der Waals surface area (Å²) in [6.07, 6.45) is 0.719. The molecule has 186 valence electrons. The van der Waals surface area contributed by atoms with Crippen molar-refractivity contribution >= 4 is 17.4 Å². The van der Waals surface area contributed by atoms with Gasteiger partial charge >= 0.3 is 0 Å². The second kappa shape index (κ2) is 11.2. The van der Waals surface area contributed by atoms with Gasteiger partial charge in [0, 0.05) is 12.1 Å². The van der Waals surface area contributed by atoms with Crippen molar-refractivity contribution in [3.63, 3.8) is 0 Å². The average Bonchev–Trinajstić information content (AvgIpc) is 3.13. The molecule has 6 nitrogen and oxygen atoms in total. The Morgan fingerprint density at radius 2 is 1.61 bits per heavy atom. The highest BCUT2D eigenvalue weighted by Gasteiger charge is 2.45. The van der Waals surface area contributed by atoms with Crippen LogP contribution in [-0.2, 0) is 16.2 Å². The molecule has 3 aromatic carbocycles. The van der Waals surface area contributed by atoms with Crippen molar-refractivity contribution in [1.29, 1.82) is 0 Å². The molecule has 1 aliphatic heterocycles. The zero-order chi connectivity index (χ0) is 25.7. The number of benzene rings is 3. The zero-order valence-electron chi connectivity index (χ0n) is 21.0. The van der Waals surface area contributed by atoms with E-state index in [1.807, 2.05) is 80.5 Å². The quantitative estimate of drug-likeness (QED) is 0.264. The number of ketones is 1. The van der Waals surface area contributed by atoms with Gasteiger partial charge in [-0.05, 0) is 74.9 Å². The fraction of sp³-hybridized carbons (Fsp3) is 0.267. The highest BCUT2D eigenvalue weighted by molar-refractivity contribution is 6.46. The van der Waals surface area contributed by atoms with Gasteiger partial charge in [-0.25, -0.2) is 0 Å². The van der Waals surface area contributed by atoms with E-state index in [0.717, 1.165) is 29.7 Å². The summed E-state index contributed by atoms with van der Waals surface area (Å²) in [6.45, 7) is 3.68. The first-order valence-corrected chi connectivity index (χ1v) is 12.1. The van der Waals surface area contributed by atoms with Crippen molar-refractivity contribution in [2.45, 2.75) is 26.0 Å². The van der Waals surface area contributed by atoms with E-state index in [-0.39, 0.29) is 11.3 Å². The fourth-order valence-electron chi connectivity index (χ4n) is 4.45. The molecule has 0 spiro atoms. The van der Waals surface area contributed by atoms with Crippen LogP contribution in [-0.4, -0.2) is 53.8 Å². The Kier molecular flexibility index (Phi) is 7.86. The number of ether oxygens (including phenoxy) is 1. The Morgan fingerprint density at radius 1 is 0.944 bits per heavy atom. The lowest BCUT2D eigenvalue weighted by atomic mass is 9.95. The number of hydrogen-bond donors (Lipinski definition) is 1. The minimum absolute atomic E-state index is 0.115. The molecule has 0 bridgehead atoms. The molecular formula is C30H32N2O4. The van der Waals surface area contributed by atoms with Crippen LogP contribution >= 0.6 is 0 Å². The smallest absolute Gasteiger partial charge is 0.295 e. The number of aliphatic hydroxyl groups excluding tert-OH is 1. The highest BCUT2D eigenvalue weighted by Crippen LogP contribution is 2.39. The maximum atomic E-state index is 13.1.